The quantitative estimate of drug-likeness (QED) is 0.0443. The van der Waals surface area contributed by atoms with E-state index in [1.165, 1.54) is 10.6 Å². The minimum absolute atomic E-state index is 0.138. The summed E-state index contributed by atoms with van der Waals surface area (Å²) in [4.78, 5) is 4.25. The molecule has 0 aromatic rings. The summed E-state index contributed by atoms with van der Waals surface area (Å²) in [6, 6.07) is 0. The lowest BCUT2D eigenvalue weighted by molar-refractivity contribution is -0.135. The molecule has 0 spiro atoms. The molecular formula is C28H47FN4O2S. The van der Waals surface area contributed by atoms with Crippen LogP contribution in [-0.2, 0) is 4.74 Å². The lowest BCUT2D eigenvalue weighted by Crippen LogP contribution is -2.59. The van der Waals surface area contributed by atoms with Crippen molar-refractivity contribution in [2.24, 2.45) is 16.8 Å². The Hall–Kier alpha value is -1.71. The number of ether oxygens (including phenoxy) is 1. The smallest absolute Gasteiger partial charge is 0.135 e. The molecule has 1 aliphatic heterocycles. The topological polar surface area (TPSA) is 74.3 Å². The van der Waals surface area contributed by atoms with Gasteiger partial charge in [0.25, 0.3) is 0 Å². The zero-order valence-electron chi connectivity index (χ0n) is 22.8. The molecule has 0 amide bonds. The van der Waals surface area contributed by atoms with Gasteiger partial charge in [-0.25, -0.2) is 5.84 Å². The van der Waals surface area contributed by atoms with Gasteiger partial charge in [-0.15, -0.1) is 9.60 Å². The Balaban J connectivity index is 2.92. The molecule has 0 aliphatic carbocycles. The van der Waals surface area contributed by atoms with E-state index in [-0.39, 0.29) is 25.1 Å². The van der Waals surface area contributed by atoms with Gasteiger partial charge in [-0.05, 0) is 52.3 Å². The number of likely N-dealkylation sites (N-methyl/N-ethyl adjacent to an activating group) is 1. The van der Waals surface area contributed by atoms with Gasteiger partial charge in [-0.2, -0.15) is 12.6 Å². The summed E-state index contributed by atoms with van der Waals surface area (Å²) in [6.45, 7) is 12.6. The van der Waals surface area contributed by atoms with Crippen LogP contribution >= 0.6 is 12.6 Å². The second kappa shape index (κ2) is 16.9. The number of thiol groups is 1. The Kier molecular flexibility index (Phi) is 15.2. The summed E-state index contributed by atoms with van der Waals surface area (Å²) in [7, 11) is 1.68. The minimum atomic E-state index is -1.39. The van der Waals surface area contributed by atoms with Crippen molar-refractivity contribution in [1.29, 1.82) is 0 Å². The van der Waals surface area contributed by atoms with Crippen LogP contribution in [0.3, 0.4) is 0 Å². The fourth-order valence-corrected chi connectivity index (χ4v) is 4.61. The number of aliphatic hydroxyl groups is 1. The van der Waals surface area contributed by atoms with Crippen molar-refractivity contribution in [3.8, 4) is 0 Å². The maximum atomic E-state index is 13.6. The highest BCUT2D eigenvalue weighted by Crippen LogP contribution is 2.40. The number of hydrogen-bond acceptors (Lipinski definition) is 7. The van der Waals surface area contributed by atoms with E-state index in [2.05, 4.69) is 50.3 Å². The third kappa shape index (κ3) is 9.30. The number of halogens is 1. The molecule has 2 unspecified atom stereocenters. The molecule has 0 radical (unpaired) electrons. The van der Waals surface area contributed by atoms with Crippen molar-refractivity contribution < 1.29 is 14.3 Å². The van der Waals surface area contributed by atoms with Crippen LogP contribution in [0.2, 0.25) is 0 Å². The van der Waals surface area contributed by atoms with Crippen LogP contribution < -0.4 is 5.84 Å². The molecule has 36 heavy (non-hydrogen) atoms. The first-order valence-corrected chi connectivity index (χ1v) is 13.5. The molecule has 8 heteroatoms. The van der Waals surface area contributed by atoms with Crippen LogP contribution in [0.5, 0.6) is 0 Å². The Labute approximate surface area is 223 Å². The number of aliphatic imine (C=N–C) groups is 1. The third-order valence-electron chi connectivity index (χ3n) is 6.55. The standard InChI is InChI=1S/C28H47FN4O2S/c1-7-13-25(35-18-19-36)16-11-10-14-22(4)26(31-5)17-12-15-23(8-2)28(34,24-20-33(29)21-24)27(9-3)32(6)30/h8-9,11-12,15-16,24-25,34,36H,5,7,10,13-14,17-21,30H2,1-4,6H3/b15-12?,16-11?,23-8+,26-22-,27-9-. The Morgan fingerprint density at radius 1 is 1.36 bits per heavy atom. The van der Waals surface area contributed by atoms with Crippen LogP contribution in [-0.4, -0.2) is 66.2 Å². The second-order valence-electron chi connectivity index (χ2n) is 9.20. The highest BCUT2D eigenvalue weighted by Gasteiger charge is 2.49. The maximum absolute atomic E-state index is 13.6. The van der Waals surface area contributed by atoms with Crippen LogP contribution in [0.15, 0.2) is 64.0 Å². The number of nitrogens with zero attached hydrogens (tertiary/aromatic N) is 3. The Morgan fingerprint density at radius 2 is 2.06 bits per heavy atom. The van der Waals surface area contributed by atoms with E-state index in [1.807, 2.05) is 32.1 Å². The number of allylic oxidation sites excluding steroid dienone is 5. The van der Waals surface area contributed by atoms with E-state index in [0.29, 0.717) is 29.4 Å². The molecule has 1 saturated heterocycles. The van der Waals surface area contributed by atoms with Crippen molar-refractivity contribution in [3.05, 3.63) is 59.0 Å². The molecule has 1 rings (SSSR count). The highest BCUT2D eigenvalue weighted by molar-refractivity contribution is 7.80. The van der Waals surface area contributed by atoms with E-state index in [4.69, 9.17) is 10.6 Å². The predicted octanol–water partition coefficient (Wildman–Crippen LogP) is 5.56. The van der Waals surface area contributed by atoms with Crippen molar-refractivity contribution >= 4 is 19.3 Å². The average Bonchev–Trinajstić information content (AvgIpc) is 2.83. The SMILES string of the molecule is C=N/C(CC=C/C(=C\C)C(O)(/C(=C/C)N(C)N)C1CN(F)C1)=C(/C)CCC=CC(CCC)OCCS. The Bertz CT molecular complexity index is 831. The second-order valence-corrected chi connectivity index (χ2v) is 9.65. The van der Waals surface area contributed by atoms with Gasteiger partial charge in [0.2, 0.25) is 0 Å². The molecule has 0 aromatic heterocycles. The zero-order valence-corrected chi connectivity index (χ0v) is 23.7. The number of nitrogens with two attached hydrogens (primary N) is 1. The van der Waals surface area contributed by atoms with Gasteiger partial charge in [0.15, 0.2) is 0 Å². The first-order chi connectivity index (χ1) is 17.2. The fourth-order valence-electron chi connectivity index (χ4n) is 4.50. The minimum Gasteiger partial charge on any atom is -0.378 e. The van der Waals surface area contributed by atoms with Gasteiger partial charge >= 0.3 is 0 Å². The van der Waals surface area contributed by atoms with Gasteiger partial charge in [-0.1, -0.05) is 55.4 Å². The summed E-state index contributed by atoms with van der Waals surface area (Å²) < 4.78 is 19.4. The van der Waals surface area contributed by atoms with Gasteiger partial charge < -0.3 is 14.9 Å². The van der Waals surface area contributed by atoms with E-state index < -0.39 is 5.60 Å². The lowest BCUT2D eigenvalue weighted by atomic mass is 9.74. The number of hydrogen-bond donors (Lipinski definition) is 3. The van der Waals surface area contributed by atoms with Gasteiger partial charge in [0, 0.05) is 43.9 Å². The Morgan fingerprint density at radius 3 is 2.56 bits per heavy atom. The number of rotatable bonds is 17. The molecule has 204 valence electrons. The van der Waals surface area contributed by atoms with E-state index in [9.17, 15) is 9.59 Å². The van der Waals surface area contributed by atoms with Crippen LogP contribution in [0.4, 0.5) is 4.48 Å². The average molecular weight is 523 g/mol. The molecule has 6 nitrogen and oxygen atoms in total. The third-order valence-corrected chi connectivity index (χ3v) is 6.73. The first kappa shape index (κ1) is 32.3. The van der Waals surface area contributed by atoms with Crippen LogP contribution in [0, 0.1) is 5.92 Å². The molecular weight excluding hydrogens is 475 g/mol. The molecule has 1 heterocycles. The van der Waals surface area contributed by atoms with Crippen LogP contribution in [0.25, 0.3) is 0 Å². The summed E-state index contributed by atoms with van der Waals surface area (Å²) in [5, 5.41) is 13.9. The lowest BCUT2D eigenvalue weighted by Gasteiger charge is -2.47. The molecule has 2 atom stereocenters. The van der Waals surface area contributed by atoms with Crippen molar-refractivity contribution in [2.75, 3.05) is 32.5 Å². The molecule has 3 N–H and O–H groups in total. The van der Waals surface area contributed by atoms with Gasteiger partial charge in [0.05, 0.1) is 18.4 Å². The normalized spacial score (nSPS) is 19.4. The molecule has 0 saturated carbocycles. The van der Waals surface area contributed by atoms with Gasteiger partial charge in [-0.3, -0.25) is 4.99 Å². The molecule has 0 bridgehead atoms. The molecule has 1 aliphatic rings. The summed E-state index contributed by atoms with van der Waals surface area (Å²) in [5.74, 6) is 6.45. The monoisotopic (exact) mass is 522 g/mol. The maximum Gasteiger partial charge on any atom is 0.135 e. The van der Waals surface area contributed by atoms with E-state index in [1.54, 1.807) is 13.1 Å². The fraction of sp³-hybridized carbons (Fsp3) is 0.607. The largest absolute Gasteiger partial charge is 0.378 e. The summed E-state index contributed by atoms with van der Waals surface area (Å²) >= 11 is 4.22. The van der Waals surface area contributed by atoms with E-state index >= 15 is 0 Å². The van der Waals surface area contributed by atoms with Crippen molar-refractivity contribution in [2.45, 2.75) is 71.5 Å². The molecule has 1 fully saturated rings. The summed E-state index contributed by atoms with van der Waals surface area (Å²) in [5.41, 5.74) is 1.91. The first-order valence-electron chi connectivity index (χ1n) is 12.8. The highest BCUT2D eigenvalue weighted by atomic mass is 32.1. The predicted molar refractivity (Wildman–Crippen MR) is 153 cm³/mol. The van der Waals surface area contributed by atoms with Gasteiger partial charge in [0.1, 0.15) is 5.60 Å². The van der Waals surface area contributed by atoms with E-state index in [0.717, 1.165) is 37.1 Å². The van der Waals surface area contributed by atoms with Crippen molar-refractivity contribution in [3.63, 3.8) is 0 Å². The summed E-state index contributed by atoms with van der Waals surface area (Å²) in [6.07, 6.45) is 16.4. The molecule has 0 aromatic carbocycles. The van der Waals surface area contributed by atoms with Crippen LogP contribution in [0.1, 0.15) is 59.8 Å². The number of hydrazine groups is 1. The zero-order chi connectivity index (χ0) is 27.1. The van der Waals surface area contributed by atoms with Crippen molar-refractivity contribution in [1.82, 2.24) is 10.1 Å².